The van der Waals surface area contributed by atoms with E-state index in [1.807, 2.05) is 19.3 Å². The van der Waals surface area contributed by atoms with Gasteiger partial charge >= 0.3 is 0 Å². The lowest BCUT2D eigenvalue weighted by Gasteiger charge is -2.36. The summed E-state index contributed by atoms with van der Waals surface area (Å²) in [6, 6.07) is 4.60. The van der Waals surface area contributed by atoms with Crippen molar-refractivity contribution in [3.63, 3.8) is 0 Å². The van der Waals surface area contributed by atoms with Gasteiger partial charge in [0.2, 0.25) is 0 Å². The highest BCUT2D eigenvalue weighted by Gasteiger charge is 2.23. The lowest BCUT2D eigenvalue weighted by Crippen LogP contribution is -2.49. The number of guanidine groups is 1. The number of aliphatic imine (C=N–C) groups is 1. The largest absolute Gasteiger partial charge is 0.354 e. The first-order valence-electron chi connectivity index (χ1n) is 10.3. The Morgan fingerprint density at radius 1 is 1.19 bits per heavy atom. The van der Waals surface area contributed by atoms with E-state index >= 15 is 0 Å². The summed E-state index contributed by atoms with van der Waals surface area (Å²) in [4.78, 5) is 11.5. The summed E-state index contributed by atoms with van der Waals surface area (Å²) < 4.78 is 0. The molecule has 0 bridgehead atoms. The van der Waals surface area contributed by atoms with E-state index in [1.165, 1.54) is 70.1 Å². The van der Waals surface area contributed by atoms with E-state index in [9.17, 15) is 0 Å². The fourth-order valence-corrected chi connectivity index (χ4v) is 4.25. The number of hydrogen-bond acceptors (Lipinski definition) is 3. The molecule has 2 fully saturated rings. The van der Waals surface area contributed by atoms with Gasteiger partial charge in [-0.25, -0.2) is 0 Å². The molecule has 0 aromatic carbocycles. The molecule has 0 atom stereocenters. The summed E-state index contributed by atoms with van der Waals surface area (Å²) in [6.07, 6.45) is 11.5. The fraction of sp³-hybridized carbons (Fsp3) is 0.714. The van der Waals surface area contributed by atoms with E-state index in [4.69, 9.17) is 0 Å². The van der Waals surface area contributed by atoms with Crippen LogP contribution in [0.4, 0.5) is 0 Å². The van der Waals surface area contributed by atoms with Crippen LogP contribution >= 0.6 is 24.0 Å². The standard InChI is InChI=1S/C21H35N5.HI/c1-17-7-6-12-23-20(17)15-24-21(22-2)25-19-10-13-26(14-11-19)16-18-8-4-3-5-9-18;/h6-7,12,18-19H,3-5,8-11,13-16H2,1-2H3,(H2,22,24,25);1H. The van der Waals surface area contributed by atoms with E-state index in [1.54, 1.807) is 0 Å². The molecule has 0 spiro atoms. The van der Waals surface area contributed by atoms with Crippen molar-refractivity contribution in [2.75, 3.05) is 26.7 Å². The van der Waals surface area contributed by atoms with Crippen LogP contribution < -0.4 is 10.6 Å². The molecule has 3 rings (SSSR count). The lowest BCUT2D eigenvalue weighted by molar-refractivity contribution is 0.160. The number of pyridine rings is 1. The van der Waals surface area contributed by atoms with Crippen LogP contribution in [0.3, 0.4) is 0 Å². The first-order valence-corrected chi connectivity index (χ1v) is 10.3. The zero-order valence-electron chi connectivity index (χ0n) is 16.9. The van der Waals surface area contributed by atoms with Gasteiger partial charge in [0, 0.05) is 38.9 Å². The number of likely N-dealkylation sites (tertiary alicyclic amines) is 1. The minimum atomic E-state index is 0. The second-order valence-electron chi connectivity index (χ2n) is 7.92. The van der Waals surface area contributed by atoms with Crippen molar-refractivity contribution in [1.82, 2.24) is 20.5 Å². The second kappa shape index (κ2) is 11.8. The highest BCUT2D eigenvalue weighted by molar-refractivity contribution is 14.0. The van der Waals surface area contributed by atoms with Gasteiger partial charge < -0.3 is 15.5 Å². The zero-order valence-corrected chi connectivity index (χ0v) is 19.2. The number of halogens is 1. The summed E-state index contributed by atoms with van der Waals surface area (Å²) in [6.45, 7) is 6.56. The predicted octanol–water partition coefficient (Wildman–Crippen LogP) is 3.72. The van der Waals surface area contributed by atoms with Gasteiger partial charge in [-0.3, -0.25) is 9.98 Å². The first-order chi connectivity index (χ1) is 12.7. The number of piperidine rings is 1. The molecule has 1 aliphatic carbocycles. The van der Waals surface area contributed by atoms with Crippen LogP contribution in [-0.2, 0) is 6.54 Å². The molecule has 152 valence electrons. The Balaban J connectivity index is 0.00000261. The molecule has 2 aliphatic rings. The van der Waals surface area contributed by atoms with Crippen molar-refractivity contribution in [3.05, 3.63) is 29.6 Å². The number of aromatic nitrogens is 1. The number of nitrogens with zero attached hydrogens (tertiary/aromatic N) is 3. The van der Waals surface area contributed by atoms with Gasteiger partial charge in [-0.15, -0.1) is 24.0 Å². The molecule has 1 saturated heterocycles. The maximum absolute atomic E-state index is 4.44. The van der Waals surface area contributed by atoms with Gasteiger partial charge in [0.15, 0.2) is 5.96 Å². The van der Waals surface area contributed by atoms with Crippen LogP contribution in [0.1, 0.15) is 56.2 Å². The molecule has 1 aromatic heterocycles. The minimum Gasteiger partial charge on any atom is -0.354 e. The predicted molar refractivity (Wildman–Crippen MR) is 124 cm³/mol. The van der Waals surface area contributed by atoms with Crippen molar-refractivity contribution >= 4 is 29.9 Å². The molecular formula is C21H36IN5. The number of nitrogens with one attached hydrogen (secondary N) is 2. The molecule has 0 unspecified atom stereocenters. The average molecular weight is 485 g/mol. The van der Waals surface area contributed by atoms with Gasteiger partial charge in [-0.2, -0.15) is 0 Å². The monoisotopic (exact) mass is 485 g/mol. The molecule has 0 amide bonds. The SMILES string of the molecule is CN=C(NCc1ncccc1C)NC1CCN(CC2CCCCC2)CC1.I. The van der Waals surface area contributed by atoms with Crippen LogP contribution in [0.15, 0.2) is 23.3 Å². The molecule has 1 aliphatic heterocycles. The van der Waals surface area contributed by atoms with Crippen molar-refractivity contribution in [2.24, 2.45) is 10.9 Å². The topological polar surface area (TPSA) is 52.6 Å². The van der Waals surface area contributed by atoms with E-state index < -0.39 is 0 Å². The van der Waals surface area contributed by atoms with Crippen LogP contribution in [0, 0.1) is 12.8 Å². The molecule has 1 saturated carbocycles. The highest BCUT2D eigenvalue weighted by Crippen LogP contribution is 2.25. The molecule has 1 aromatic rings. The third-order valence-corrected chi connectivity index (χ3v) is 5.93. The summed E-state index contributed by atoms with van der Waals surface area (Å²) in [5, 5.41) is 7.02. The molecule has 6 heteroatoms. The van der Waals surface area contributed by atoms with Gasteiger partial charge in [0.1, 0.15) is 0 Å². The van der Waals surface area contributed by atoms with Crippen molar-refractivity contribution in [1.29, 1.82) is 0 Å². The number of hydrogen-bond donors (Lipinski definition) is 2. The molecular weight excluding hydrogens is 449 g/mol. The van der Waals surface area contributed by atoms with E-state index in [0.717, 1.165) is 17.6 Å². The first kappa shape index (κ1) is 22.4. The van der Waals surface area contributed by atoms with Gasteiger partial charge in [0.25, 0.3) is 0 Å². The maximum atomic E-state index is 4.44. The fourth-order valence-electron chi connectivity index (χ4n) is 4.25. The van der Waals surface area contributed by atoms with Crippen LogP contribution in [0.5, 0.6) is 0 Å². The Kier molecular flexibility index (Phi) is 9.82. The van der Waals surface area contributed by atoms with Crippen LogP contribution in [0.2, 0.25) is 0 Å². The number of aryl methyl sites for hydroxylation is 1. The van der Waals surface area contributed by atoms with E-state index in [0.29, 0.717) is 12.6 Å². The van der Waals surface area contributed by atoms with E-state index in [-0.39, 0.29) is 24.0 Å². The Morgan fingerprint density at radius 3 is 2.59 bits per heavy atom. The van der Waals surface area contributed by atoms with Crippen molar-refractivity contribution in [3.8, 4) is 0 Å². The molecule has 2 N–H and O–H groups in total. The normalized spacial score (nSPS) is 20.1. The second-order valence-corrected chi connectivity index (χ2v) is 7.92. The van der Waals surface area contributed by atoms with Gasteiger partial charge in [0.05, 0.1) is 12.2 Å². The smallest absolute Gasteiger partial charge is 0.191 e. The molecule has 2 heterocycles. The Hall–Kier alpha value is -0.890. The minimum absolute atomic E-state index is 0. The lowest BCUT2D eigenvalue weighted by atomic mass is 9.88. The summed E-state index contributed by atoms with van der Waals surface area (Å²) in [5.41, 5.74) is 2.30. The van der Waals surface area contributed by atoms with Gasteiger partial charge in [-0.1, -0.05) is 25.3 Å². The number of rotatable bonds is 5. The third-order valence-electron chi connectivity index (χ3n) is 5.93. The summed E-state index contributed by atoms with van der Waals surface area (Å²) in [5.74, 6) is 1.84. The van der Waals surface area contributed by atoms with Gasteiger partial charge in [-0.05, 0) is 50.2 Å². The molecule has 5 nitrogen and oxygen atoms in total. The van der Waals surface area contributed by atoms with Crippen molar-refractivity contribution in [2.45, 2.75) is 64.5 Å². The molecule has 0 radical (unpaired) electrons. The summed E-state index contributed by atoms with van der Waals surface area (Å²) >= 11 is 0. The quantitative estimate of drug-likeness (QED) is 0.379. The van der Waals surface area contributed by atoms with E-state index in [2.05, 4.69) is 38.5 Å². The molecule has 27 heavy (non-hydrogen) atoms. The van der Waals surface area contributed by atoms with Crippen molar-refractivity contribution < 1.29 is 0 Å². The summed E-state index contributed by atoms with van der Waals surface area (Å²) in [7, 11) is 1.85. The van der Waals surface area contributed by atoms with Crippen LogP contribution in [-0.4, -0.2) is 48.6 Å². The van der Waals surface area contributed by atoms with Crippen LogP contribution in [0.25, 0.3) is 0 Å². The zero-order chi connectivity index (χ0) is 18.2. The Morgan fingerprint density at radius 2 is 1.93 bits per heavy atom. The highest BCUT2D eigenvalue weighted by atomic mass is 127. The Labute approximate surface area is 181 Å². The third kappa shape index (κ3) is 7.22. The Bertz CT molecular complexity index is 578. The maximum Gasteiger partial charge on any atom is 0.191 e. The average Bonchev–Trinajstić information content (AvgIpc) is 2.68.